The fourth-order valence-corrected chi connectivity index (χ4v) is 1.77. The Bertz CT molecular complexity index is 280. The Hall–Kier alpha value is -0.830. The standard InChI is InChI=1S/C12H23N3/c1-5-7-13-10(3)11(4)15-9-8-14-12(15)6-2/h8-11,13H,5-7H2,1-4H3. The summed E-state index contributed by atoms with van der Waals surface area (Å²) in [6.45, 7) is 9.91. The fraction of sp³-hybridized carbons (Fsp3) is 0.750. The number of aromatic nitrogens is 2. The van der Waals surface area contributed by atoms with Crippen LogP contribution in [0.4, 0.5) is 0 Å². The van der Waals surface area contributed by atoms with Gasteiger partial charge in [-0.2, -0.15) is 0 Å². The molecular formula is C12H23N3. The molecule has 0 radical (unpaired) electrons. The van der Waals surface area contributed by atoms with Crippen LogP contribution in [0.1, 0.15) is 46.0 Å². The van der Waals surface area contributed by atoms with E-state index in [-0.39, 0.29) is 0 Å². The van der Waals surface area contributed by atoms with E-state index in [0.29, 0.717) is 12.1 Å². The summed E-state index contributed by atoms with van der Waals surface area (Å²) in [4.78, 5) is 4.35. The lowest BCUT2D eigenvalue weighted by Crippen LogP contribution is -2.34. The van der Waals surface area contributed by atoms with Gasteiger partial charge >= 0.3 is 0 Å². The van der Waals surface area contributed by atoms with Crippen LogP contribution in [0.15, 0.2) is 12.4 Å². The van der Waals surface area contributed by atoms with Gasteiger partial charge in [0.15, 0.2) is 0 Å². The van der Waals surface area contributed by atoms with Crippen LogP contribution in [-0.2, 0) is 6.42 Å². The van der Waals surface area contributed by atoms with Crippen LogP contribution in [0.25, 0.3) is 0 Å². The molecule has 1 rings (SSSR count). The Kier molecular flexibility index (Phi) is 4.82. The molecule has 0 amide bonds. The van der Waals surface area contributed by atoms with E-state index < -0.39 is 0 Å². The van der Waals surface area contributed by atoms with Crippen LogP contribution in [0, 0.1) is 0 Å². The van der Waals surface area contributed by atoms with Gasteiger partial charge in [-0.15, -0.1) is 0 Å². The van der Waals surface area contributed by atoms with Gasteiger partial charge in [0.25, 0.3) is 0 Å². The average Bonchev–Trinajstić information content (AvgIpc) is 2.72. The summed E-state index contributed by atoms with van der Waals surface area (Å²) in [5.41, 5.74) is 0. The van der Waals surface area contributed by atoms with E-state index >= 15 is 0 Å². The highest BCUT2D eigenvalue weighted by Crippen LogP contribution is 2.13. The van der Waals surface area contributed by atoms with E-state index in [0.717, 1.165) is 13.0 Å². The molecule has 0 aliphatic rings. The van der Waals surface area contributed by atoms with Gasteiger partial charge in [0.2, 0.25) is 0 Å². The molecule has 0 saturated heterocycles. The molecule has 3 nitrogen and oxygen atoms in total. The predicted molar refractivity (Wildman–Crippen MR) is 64.1 cm³/mol. The van der Waals surface area contributed by atoms with Gasteiger partial charge in [-0.3, -0.25) is 0 Å². The lowest BCUT2D eigenvalue weighted by atomic mass is 10.1. The second-order valence-corrected chi connectivity index (χ2v) is 4.09. The third kappa shape index (κ3) is 3.06. The SMILES string of the molecule is CCCNC(C)C(C)n1ccnc1CC. The number of hydrogen-bond acceptors (Lipinski definition) is 2. The first-order chi connectivity index (χ1) is 7.20. The minimum Gasteiger partial charge on any atom is -0.331 e. The maximum Gasteiger partial charge on any atom is 0.108 e. The van der Waals surface area contributed by atoms with Crippen molar-refractivity contribution in [3.05, 3.63) is 18.2 Å². The molecule has 0 bridgehead atoms. The Balaban J connectivity index is 2.62. The highest BCUT2D eigenvalue weighted by atomic mass is 15.1. The van der Waals surface area contributed by atoms with Crippen molar-refractivity contribution in [3.8, 4) is 0 Å². The number of nitrogens with zero attached hydrogens (tertiary/aromatic N) is 2. The molecule has 2 unspecified atom stereocenters. The van der Waals surface area contributed by atoms with Crippen molar-refractivity contribution in [2.24, 2.45) is 0 Å². The second kappa shape index (κ2) is 5.91. The molecule has 0 spiro atoms. The van der Waals surface area contributed by atoms with Crippen molar-refractivity contribution in [3.63, 3.8) is 0 Å². The second-order valence-electron chi connectivity index (χ2n) is 4.09. The van der Waals surface area contributed by atoms with Crippen LogP contribution in [0.5, 0.6) is 0 Å². The van der Waals surface area contributed by atoms with E-state index in [4.69, 9.17) is 0 Å². The Morgan fingerprint density at radius 3 is 2.73 bits per heavy atom. The van der Waals surface area contributed by atoms with Crippen LogP contribution >= 0.6 is 0 Å². The number of imidazole rings is 1. The molecule has 1 aromatic rings. The van der Waals surface area contributed by atoms with Gasteiger partial charge in [0.05, 0.1) is 0 Å². The molecular weight excluding hydrogens is 186 g/mol. The first-order valence-corrected chi connectivity index (χ1v) is 5.95. The third-order valence-electron chi connectivity index (χ3n) is 2.94. The predicted octanol–water partition coefficient (Wildman–Crippen LogP) is 2.39. The molecule has 0 aromatic carbocycles. The molecule has 15 heavy (non-hydrogen) atoms. The van der Waals surface area contributed by atoms with Crippen LogP contribution in [0.3, 0.4) is 0 Å². The molecule has 0 aliphatic carbocycles. The van der Waals surface area contributed by atoms with E-state index in [1.807, 2.05) is 6.20 Å². The summed E-state index contributed by atoms with van der Waals surface area (Å²) < 4.78 is 2.27. The number of hydrogen-bond donors (Lipinski definition) is 1. The van der Waals surface area contributed by atoms with Crippen molar-refractivity contribution >= 4 is 0 Å². The van der Waals surface area contributed by atoms with Gasteiger partial charge in [0, 0.05) is 30.9 Å². The highest BCUT2D eigenvalue weighted by molar-refractivity contribution is 4.96. The van der Waals surface area contributed by atoms with Crippen LogP contribution < -0.4 is 5.32 Å². The molecule has 1 heterocycles. The first kappa shape index (κ1) is 12.2. The number of aryl methyl sites for hydroxylation is 1. The quantitative estimate of drug-likeness (QED) is 0.779. The minimum atomic E-state index is 0.467. The first-order valence-electron chi connectivity index (χ1n) is 5.95. The zero-order valence-electron chi connectivity index (χ0n) is 10.3. The maximum absolute atomic E-state index is 4.35. The topological polar surface area (TPSA) is 29.9 Å². The van der Waals surface area contributed by atoms with Crippen molar-refractivity contribution in [1.29, 1.82) is 0 Å². The molecule has 2 atom stereocenters. The van der Waals surface area contributed by atoms with Gasteiger partial charge < -0.3 is 9.88 Å². The zero-order chi connectivity index (χ0) is 11.3. The van der Waals surface area contributed by atoms with Crippen molar-refractivity contribution in [1.82, 2.24) is 14.9 Å². The summed E-state index contributed by atoms with van der Waals surface area (Å²) in [5, 5.41) is 3.52. The average molecular weight is 209 g/mol. The summed E-state index contributed by atoms with van der Waals surface area (Å²) in [6.07, 6.45) is 6.15. The number of rotatable bonds is 6. The molecule has 1 aromatic heterocycles. The number of nitrogens with one attached hydrogen (secondary N) is 1. The monoisotopic (exact) mass is 209 g/mol. The third-order valence-corrected chi connectivity index (χ3v) is 2.94. The molecule has 0 aliphatic heterocycles. The Morgan fingerprint density at radius 2 is 2.13 bits per heavy atom. The lowest BCUT2D eigenvalue weighted by Gasteiger charge is -2.24. The highest BCUT2D eigenvalue weighted by Gasteiger charge is 2.14. The Morgan fingerprint density at radius 1 is 1.40 bits per heavy atom. The van der Waals surface area contributed by atoms with Gasteiger partial charge in [-0.1, -0.05) is 13.8 Å². The van der Waals surface area contributed by atoms with E-state index in [1.165, 1.54) is 12.2 Å². The Labute approximate surface area is 92.9 Å². The molecule has 0 saturated carbocycles. The fourth-order valence-electron chi connectivity index (χ4n) is 1.77. The summed E-state index contributed by atoms with van der Waals surface area (Å²) in [5.74, 6) is 1.17. The normalized spacial score (nSPS) is 15.2. The smallest absolute Gasteiger partial charge is 0.108 e. The molecule has 1 N–H and O–H groups in total. The van der Waals surface area contributed by atoms with E-state index in [9.17, 15) is 0 Å². The minimum absolute atomic E-state index is 0.467. The molecule has 3 heteroatoms. The van der Waals surface area contributed by atoms with Crippen molar-refractivity contribution in [2.45, 2.75) is 52.6 Å². The van der Waals surface area contributed by atoms with Crippen molar-refractivity contribution < 1.29 is 0 Å². The summed E-state index contributed by atoms with van der Waals surface area (Å²) in [6, 6.07) is 0.957. The van der Waals surface area contributed by atoms with Gasteiger partial charge in [-0.25, -0.2) is 4.98 Å². The molecule has 0 fully saturated rings. The van der Waals surface area contributed by atoms with Gasteiger partial charge in [0.1, 0.15) is 5.82 Å². The largest absolute Gasteiger partial charge is 0.331 e. The van der Waals surface area contributed by atoms with E-state index in [1.54, 1.807) is 0 Å². The summed E-state index contributed by atoms with van der Waals surface area (Å²) in [7, 11) is 0. The van der Waals surface area contributed by atoms with E-state index in [2.05, 4.69) is 48.8 Å². The van der Waals surface area contributed by atoms with Crippen LogP contribution in [0.2, 0.25) is 0 Å². The zero-order valence-corrected chi connectivity index (χ0v) is 10.3. The maximum atomic E-state index is 4.35. The van der Waals surface area contributed by atoms with Crippen LogP contribution in [-0.4, -0.2) is 22.1 Å². The van der Waals surface area contributed by atoms with Crippen molar-refractivity contribution in [2.75, 3.05) is 6.54 Å². The lowest BCUT2D eigenvalue weighted by molar-refractivity contribution is 0.385. The van der Waals surface area contributed by atoms with Gasteiger partial charge in [-0.05, 0) is 26.8 Å². The summed E-state index contributed by atoms with van der Waals surface area (Å²) >= 11 is 0. The molecule has 86 valence electrons.